The molecule has 0 fully saturated rings. The summed E-state index contributed by atoms with van der Waals surface area (Å²) in [5, 5.41) is 0.602. The van der Waals surface area contributed by atoms with Crippen LogP contribution in [0.15, 0.2) is 72.8 Å². The van der Waals surface area contributed by atoms with Crippen LogP contribution in [0.2, 0.25) is 5.02 Å². The number of carbonyl (C=O) groups excluding carboxylic acids is 1. The van der Waals surface area contributed by atoms with E-state index in [4.69, 9.17) is 16.3 Å². The zero-order chi connectivity index (χ0) is 19.7. The van der Waals surface area contributed by atoms with Crippen molar-refractivity contribution in [1.29, 1.82) is 0 Å². The Balaban J connectivity index is 1.82. The Hall–Kier alpha value is -2.69. The van der Waals surface area contributed by atoms with Crippen LogP contribution >= 0.6 is 11.6 Å². The van der Waals surface area contributed by atoms with Crippen LogP contribution in [-0.4, -0.2) is 19.1 Å². The van der Waals surface area contributed by atoms with E-state index in [0.717, 1.165) is 22.4 Å². The van der Waals surface area contributed by atoms with Crippen LogP contribution in [0, 0.1) is 5.82 Å². The van der Waals surface area contributed by atoms with E-state index >= 15 is 0 Å². The van der Waals surface area contributed by atoms with E-state index in [1.807, 2.05) is 42.5 Å². The van der Waals surface area contributed by atoms with Crippen LogP contribution in [0.3, 0.4) is 0 Å². The lowest BCUT2D eigenvalue weighted by atomic mass is 9.81. The van der Waals surface area contributed by atoms with Crippen LogP contribution in [0.25, 0.3) is 0 Å². The predicted octanol–water partition coefficient (Wildman–Crippen LogP) is 5.17. The molecule has 2 unspecified atom stereocenters. The predicted molar refractivity (Wildman–Crippen MR) is 108 cm³/mol. The van der Waals surface area contributed by atoms with Gasteiger partial charge in [0.05, 0.1) is 6.54 Å². The molecule has 1 aliphatic rings. The summed E-state index contributed by atoms with van der Waals surface area (Å²) in [6.45, 7) is 0.328. The second kappa shape index (κ2) is 7.74. The van der Waals surface area contributed by atoms with E-state index in [0.29, 0.717) is 11.6 Å². The Kier molecular flexibility index (Phi) is 5.16. The zero-order valence-electron chi connectivity index (χ0n) is 15.3. The number of nitrogens with zero attached hydrogens (tertiary/aromatic N) is 1. The van der Waals surface area contributed by atoms with Crippen molar-refractivity contribution in [2.45, 2.75) is 18.6 Å². The van der Waals surface area contributed by atoms with E-state index in [1.54, 1.807) is 30.2 Å². The minimum absolute atomic E-state index is 0.129. The third-order valence-electron chi connectivity index (χ3n) is 5.09. The number of halogens is 2. The third kappa shape index (κ3) is 3.41. The first-order valence-electron chi connectivity index (χ1n) is 9.01. The molecule has 5 heteroatoms. The normalized spacial score (nSPS) is 18.8. The number of methoxy groups -OCH3 is 1. The Morgan fingerprint density at radius 2 is 1.75 bits per heavy atom. The molecule has 0 bridgehead atoms. The summed E-state index contributed by atoms with van der Waals surface area (Å²) < 4.78 is 18.9. The number of hydrogen-bond acceptors (Lipinski definition) is 2. The molecule has 0 saturated heterocycles. The molecule has 0 N–H and O–H groups in total. The minimum Gasteiger partial charge on any atom is -0.371 e. The topological polar surface area (TPSA) is 29.5 Å². The van der Waals surface area contributed by atoms with Crippen LogP contribution in [-0.2, 0) is 16.1 Å². The van der Waals surface area contributed by atoms with Gasteiger partial charge in [0.15, 0.2) is 0 Å². The smallest absolute Gasteiger partial charge is 0.257 e. The standard InChI is InChI=1S/C23H19ClFNO2/c1-28-22-21(16-5-3-2-4-6-16)19-13-17(24)9-12-20(19)26(23(22)27)14-15-7-10-18(25)11-8-15/h2-13,21-22H,14H2,1H3. The molecule has 0 aromatic heterocycles. The van der Waals surface area contributed by atoms with Gasteiger partial charge in [-0.05, 0) is 47.0 Å². The molecule has 142 valence electrons. The highest BCUT2D eigenvalue weighted by Crippen LogP contribution is 2.43. The number of rotatable bonds is 4. The van der Waals surface area contributed by atoms with Crippen molar-refractivity contribution in [3.63, 3.8) is 0 Å². The molecule has 1 aliphatic heterocycles. The average Bonchev–Trinajstić information content (AvgIpc) is 2.71. The van der Waals surface area contributed by atoms with Crippen LogP contribution in [0.1, 0.15) is 22.6 Å². The number of benzene rings is 3. The van der Waals surface area contributed by atoms with Gasteiger partial charge in [0.25, 0.3) is 5.91 Å². The molecular weight excluding hydrogens is 377 g/mol. The second-order valence-electron chi connectivity index (χ2n) is 6.80. The molecule has 4 rings (SSSR count). The maximum absolute atomic E-state index is 13.4. The fourth-order valence-electron chi connectivity index (χ4n) is 3.79. The number of ether oxygens (including phenoxy) is 1. The largest absolute Gasteiger partial charge is 0.371 e. The van der Waals surface area contributed by atoms with Gasteiger partial charge < -0.3 is 9.64 Å². The Labute approximate surface area is 168 Å². The first-order chi connectivity index (χ1) is 13.6. The van der Waals surface area contributed by atoms with Gasteiger partial charge in [0, 0.05) is 23.7 Å². The molecule has 2 atom stereocenters. The molecule has 0 saturated carbocycles. The van der Waals surface area contributed by atoms with E-state index in [1.165, 1.54) is 12.1 Å². The quantitative estimate of drug-likeness (QED) is 0.609. The molecular formula is C23H19ClFNO2. The summed E-state index contributed by atoms with van der Waals surface area (Å²) in [6.07, 6.45) is -0.672. The Morgan fingerprint density at radius 1 is 1.04 bits per heavy atom. The van der Waals surface area contributed by atoms with Crippen LogP contribution in [0.4, 0.5) is 10.1 Å². The highest BCUT2D eigenvalue weighted by molar-refractivity contribution is 6.30. The van der Waals surface area contributed by atoms with Crippen molar-refractivity contribution in [1.82, 2.24) is 0 Å². The second-order valence-corrected chi connectivity index (χ2v) is 7.24. The summed E-state index contributed by atoms with van der Waals surface area (Å²) in [5.74, 6) is -0.688. The molecule has 0 aliphatic carbocycles. The summed E-state index contributed by atoms with van der Waals surface area (Å²) in [7, 11) is 1.55. The molecule has 3 nitrogen and oxygen atoms in total. The van der Waals surface area contributed by atoms with Crippen molar-refractivity contribution in [2.75, 3.05) is 12.0 Å². The Bertz CT molecular complexity index is 991. The first kappa shape index (κ1) is 18.7. The summed E-state index contributed by atoms with van der Waals surface area (Å²) in [5.41, 5.74) is 3.56. The summed E-state index contributed by atoms with van der Waals surface area (Å²) >= 11 is 6.30. The van der Waals surface area contributed by atoms with Crippen molar-refractivity contribution in [3.05, 3.63) is 100 Å². The molecule has 0 spiro atoms. The molecule has 3 aromatic rings. The van der Waals surface area contributed by atoms with E-state index < -0.39 is 6.10 Å². The van der Waals surface area contributed by atoms with Crippen molar-refractivity contribution < 1.29 is 13.9 Å². The van der Waals surface area contributed by atoms with E-state index in [2.05, 4.69) is 0 Å². The van der Waals surface area contributed by atoms with E-state index in [9.17, 15) is 9.18 Å². The van der Waals surface area contributed by atoms with Crippen molar-refractivity contribution >= 4 is 23.2 Å². The monoisotopic (exact) mass is 395 g/mol. The Morgan fingerprint density at radius 3 is 2.43 bits per heavy atom. The average molecular weight is 396 g/mol. The van der Waals surface area contributed by atoms with Gasteiger partial charge in [0.1, 0.15) is 11.9 Å². The van der Waals surface area contributed by atoms with Gasteiger partial charge in [0.2, 0.25) is 0 Å². The molecule has 1 amide bonds. The van der Waals surface area contributed by atoms with Gasteiger partial charge in [-0.1, -0.05) is 54.1 Å². The minimum atomic E-state index is -0.672. The zero-order valence-corrected chi connectivity index (χ0v) is 16.1. The van der Waals surface area contributed by atoms with Crippen molar-refractivity contribution in [3.8, 4) is 0 Å². The lowest BCUT2D eigenvalue weighted by molar-refractivity contribution is -0.129. The van der Waals surface area contributed by atoms with Crippen LogP contribution in [0.5, 0.6) is 0 Å². The third-order valence-corrected chi connectivity index (χ3v) is 5.33. The van der Waals surface area contributed by atoms with Crippen LogP contribution < -0.4 is 4.90 Å². The maximum atomic E-state index is 13.4. The van der Waals surface area contributed by atoms with Gasteiger partial charge in [-0.15, -0.1) is 0 Å². The first-order valence-corrected chi connectivity index (χ1v) is 9.39. The van der Waals surface area contributed by atoms with E-state index in [-0.39, 0.29) is 17.6 Å². The lowest BCUT2D eigenvalue weighted by Crippen LogP contribution is -2.47. The lowest BCUT2D eigenvalue weighted by Gasteiger charge is -2.39. The van der Waals surface area contributed by atoms with Gasteiger partial charge in [-0.3, -0.25) is 4.79 Å². The highest BCUT2D eigenvalue weighted by Gasteiger charge is 2.41. The number of hydrogen-bond donors (Lipinski definition) is 0. The molecule has 0 radical (unpaired) electrons. The molecule has 28 heavy (non-hydrogen) atoms. The van der Waals surface area contributed by atoms with Crippen molar-refractivity contribution in [2.24, 2.45) is 0 Å². The molecule has 3 aromatic carbocycles. The fourth-order valence-corrected chi connectivity index (χ4v) is 3.97. The van der Waals surface area contributed by atoms with Gasteiger partial charge in [-0.25, -0.2) is 4.39 Å². The highest BCUT2D eigenvalue weighted by atomic mass is 35.5. The summed E-state index contributed by atoms with van der Waals surface area (Å²) in [6, 6.07) is 21.5. The molecule has 1 heterocycles. The van der Waals surface area contributed by atoms with Gasteiger partial charge >= 0.3 is 0 Å². The van der Waals surface area contributed by atoms with Gasteiger partial charge in [-0.2, -0.15) is 0 Å². The number of carbonyl (C=O) groups is 1. The number of amides is 1. The number of fused-ring (bicyclic) bond motifs is 1. The maximum Gasteiger partial charge on any atom is 0.257 e. The summed E-state index contributed by atoms with van der Waals surface area (Å²) in [4.78, 5) is 15.0. The fraction of sp³-hybridized carbons (Fsp3) is 0.174. The SMILES string of the molecule is COC1C(=O)N(Cc2ccc(F)cc2)c2ccc(Cl)cc2C1c1ccccc1. The number of anilines is 1.